The molecule has 6 heteroatoms. The van der Waals surface area contributed by atoms with Crippen molar-refractivity contribution >= 4 is 27.5 Å². The van der Waals surface area contributed by atoms with Gasteiger partial charge in [0.2, 0.25) is 0 Å². The molecule has 0 radical (unpaired) electrons. The van der Waals surface area contributed by atoms with Crippen molar-refractivity contribution in [2.45, 2.75) is 46.6 Å². The molecule has 3 rings (SSSR count). The maximum Gasteiger partial charge on any atom is 0.261 e. The lowest BCUT2D eigenvalue weighted by atomic mass is 9.70. The van der Waals surface area contributed by atoms with Crippen LogP contribution < -0.4 is 5.43 Å². The van der Waals surface area contributed by atoms with Crippen LogP contribution in [0.2, 0.25) is 0 Å². The number of hydrazone groups is 1. The fourth-order valence-electron chi connectivity index (χ4n) is 3.83. The van der Waals surface area contributed by atoms with Gasteiger partial charge in [-0.1, -0.05) is 20.8 Å². The Kier molecular flexibility index (Phi) is 3.47. The molecule has 2 atom stereocenters. The summed E-state index contributed by atoms with van der Waals surface area (Å²) in [5.41, 5.74) is 4.26. The van der Waals surface area contributed by atoms with Crippen LogP contribution in [0.15, 0.2) is 22.0 Å². The van der Waals surface area contributed by atoms with E-state index in [1.165, 1.54) is 12.8 Å². The maximum atomic E-state index is 12.0. The first-order valence-corrected chi connectivity index (χ1v) is 8.16. The molecule has 1 amide bonds. The predicted octanol–water partition coefficient (Wildman–Crippen LogP) is 2.96. The molecule has 0 aliphatic heterocycles. The van der Waals surface area contributed by atoms with E-state index in [4.69, 9.17) is 0 Å². The molecule has 0 aromatic carbocycles. The SMILES string of the molecule is CC12CCC(C/C1=N\NC(=O)Cn1cc(Br)cn1)C2(C)C. The fraction of sp³-hybridized carbons (Fsp3) is 0.667. The predicted molar refractivity (Wildman–Crippen MR) is 84.7 cm³/mol. The van der Waals surface area contributed by atoms with Gasteiger partial charge in [-0.3, -0.25) is 9.48 Å². The fourth-order valence-corrected chi connectivity index (χ4v) is 4.16. The third kappa shape index (κ3) is 2.33. The van der Waals surface area contributed by atoms with Crippen molar-refractivity contribution in [1.82, 2.24) is 15.2 Å². The molecule has 2 fully saturated rings. The van der Waals surface area contributed by atoms with Crippen molar-refractivity contribution in [3.8, 4) is 0 Å². The number of nitrogens with one attached hydrogen (secondary N) is 1. The molecule has 21 heavy (non-hydrogen) atoms. The first kappa shape index (κ1) is 14.8. The van der Waals surface area contributed by atoms with Crippen LogP contribution in [0.4, 0.5) is 0 Å². The summed E-state index contributed by atoms with van der Waals surface area (Å²) < 4.78 is 2.45. The molecule has 0 saturated heterocycles. The molecule has 2 aliphatic carbocycles. The van der Waals surface area contributed by atoms with Gasteiger partial charge in [-0.05, 0) is 46.5 Å². The number of nitrogens with zero attached hydrogens (tertiary/aromatic N) is 3. The second kappa shape index (κ2) is 4.93. The van der Waals surface area contributed by atoms with E-state index in [1.54, 1.807) is 17.1 Å². The standard InChI is InChI=1S/C15H21BrN4O/c1-14(2)10-4-5-15(14,3)12(6-10)18-19-13(21)9-20-8-11(16)7-17-20/h7-8,10H,4-6,9H2,1-3H3,(H,19,21)/b18-12+. The summed E-state index contributed by atoms with van der Waals surface area (Å²) in [6, 6.07) is 0. The van der Waals surface area contributed by atoms with E-state index in [-0.39, 0.29) is 23.3 Å². The zero-order chi connectivity index (χ0) is 15.3. The van der Waals surface area contributed by atoms with E-state index in [1.807, 2.05) is 0 Å². The molecule has 2 bridgehead atoms. The highest BCUT2D eigenvalue weighted by Gasteiger charge is 2.59. The molecule has 5 nitrogen and oxygen atoms in total. The Bertz CT molecular complexity index is 607. The monoisotopic (exact) mass is 352 g/mol. The molecule has 0 spiro atoms. The second-order valence-corrected chi connectivity index (χ2v) is 7.86. The number of hydrogen-bond acceptors (Lipinski definition) is 3. The number of hydrogen-bond donors (Lipinski definition) is 1. The topological polar surface area (TPSA) is 59.3 Å². The molecular weight excluding hydrogens is 332 g/mol. The number of carbonyl (C=O) groups excluding carboxylic acids is 1. The lowest BCUT2D eigenvalue weighted by Crippen LogP contribution is -2.34. The maximum absolute atomic E-state index is 12.0. The van der Waals surface area contributed by atoms with Crippen LogP contribution >= 0.6 is 15.9 Å². The number of carbonyl (C=O) groups is 1. The third-order valence-corrected chi connectivity index (χ3v) is 6.14. The minimum atomic E-state index is -0.137. The molecule has 1 heterocycles. The number of rotatable bonds is 3. The molecule has 2 saturated carbocycles. The van der Waals surface area contributed by atoms with Crippen LogP contribution in [-0.4, -0.2) is 21.4 Å². The Morgan fingerprint density at radius 3 is 2.86 bits per heavy atom. The highest BCUT2D eigenvalue weighted by molar-refractivity contribution is 9.10. The van der Waals surface area contributed by atoms with Crippen molar-refractivity contribution in [3.05, 3.63) is 16.9 Å². The average Bonchev–Trinajstić information content (AvgIpc) is 2.96. The van der Waals surface area contributed by atoms with Gasteiger partial charge in [0.05, 0.1) is 10.7 Å². The van der Waals surface area contributed by atoms with Crippen molar-refractivity contribution in [2.24, 2.45) is 21.8 Å². The van der Waals surface area contributed by atoms with Crippen molar-refractivity contribution in [2.75, 3.05) is 0 Å². The summed E-state index contributed by atoms with van der Waals surface area (Å²) in [5.74, 6) is 0.558. The minimum absolute atomic E-state index is 0.125. The van der Waals surface area contributed by atoms with E-state index >= 15 is 0 Å². The quantitative estimate of drug-likeness (QED) is 0.850. The highest BCUT2D eigenvalue weighted by atomic mass is 79.9. The van der Waals surface area contributed by atoms with E-state index in [0.29, 0.717) is 5.92 Å². The Morgan fingerprint density at radius 1 is 1.57 bits per heavy atom. The summed E-state index contributed by atoms with van der Waals surface area (Å²) >= 11 is 3.31. The van der Waals surface area contributed by atoms with Gasteiger partial charge in [-0.25, -0.2) is 5.43 Å². The zero-order valence-corrected chi connectivity index (χ0v) is 14.3. The minimum Gasteiger partial charge on any atom is -0.271 e. The summed E-state index contributed by atoms with van der Waals surface area (Å²) in [6.07, 6.45) is 6.90. The molecule has 1 aromatic heterocycles. The Balaban J connectivity index is 1.66. The first-order valence-electron chi connectivity index (χ1n) is 7.37. The third-order valence-electron chi connectivity index (χ3n) is 5.74. The Labute approximate surface area is 133 Å². The Hall–Kier alpha value is -1.17. The van der Waals surface area contributed by atoms with E-state index < -0.39 is 0 Å². The zero-order valence-electron chi connectivity index (χ0n) is 12.7. The average molecular weight is 353 g/mol. The van der Waals surface area contributed by atoms with E-state index in [0.717, 1.165) is 16.6 Å². The van der Waals surface area contributed by atoms with E-state index in [9.17, 15) is 4.79 Å². The van der Waals surface area contributed by atoms with Crippen LogP contribution in [0.3, 0.4) is 0 Å². The van der Waals surface area contributed by atoms with Gasteiger partial charge in [0.25, 0.3) is 5.91 Å². The molecule has 1 aromatic rings. The molecule has 114 valence electrons. The van der Waals surface area contributed by atoms with Gasteiger partial charge < -0.3 is 0 Å². The van der Waals surface area contributed by atoms with Gasteiger partial charge in [0.15, 0.2) is 0 Å². The van der Waals surface area contributed by atoms with Gasteiger partial charge in [0.1, 0.15) is 6.54 Å². The molecule has 1 N–H and O–H groups in total. The number of amides is 1. The normalized spacial score (nSPS) is 31.8. The van der Waals surface area contributed by atoms with Gasteiger partial charge in [-0.15, -0.1) is 0 Å². The second-order valence-electron chi connectivity index (χ2n) is 6.94. The van der Waals surface area contributed by atoms with Crippen molar-refractivity contribution in [1.29, 1.82) is 0 Å². The van der Waals surface area contributed by atoms with Crippen LogP contribution in [-0.2, 0) is 11.3 Å². The summed E-state index contributed by atoms with van der Waals surface area (Å²) in [6.45, 7) is 7.13. The number of aromatic nitrogens is 2. The van der Waals surface area contributed by atoms with Crippen LogP contribution in [0, 0.1) is 16.7 Å². The van der Waals surface area contributed by atoms with Crippen molar-refractivity contribution in [3.63, 3.8) is 0 Å². The smallest absolute Gasteiger partial charge is 0.261 e. The summed E-state index contributed by atoms with van der Waals surface area (Å²) in [7, 11) is 0. The summed E-state index contributed by atoms with van der Waals surface area (Å²) in [5, 5.41) is 8.51. The van der Waals surface area contributed by atoms with Crippen LogP contribution in [0.1, 0.15) is 40.0 Å². The number of halogens is 1. The van der Waals surface area contributed by atoms with Crippen molar-refractivity contribution < 1.29 is 4.79 Å². The first-order chi connectivity index (χ1) is 9.83. The highest BCUT2D eigenvalue weighted by Crippen LogP contribution is 2.63. The molecule has 2 aliphatic rings. The molecule has 2 unspecified atom stereocenters. The summed E-state index contributed by atoms with van der Waals surface area (Å²) in [4.78, 5) is 12.0. The molecular formula is C15H21BrN4O. The van der Waals surface area contributed by atoms with Crippen LogP contribution in [0.5, 0.6) is 0 Å². The van der Waals surface area contributed by atoms with E-state index in [2.05, 4.69) is 52.3 Å². The number of fused-ring (bicyclic) bond motifs is 2. The Morgan fingerprint density at radius 2 is 2.33 bits per heavy atom. The van der Waals surface area contributed by atoms with Crippen LogP contribution in [0.25, 0.3) is 0 Å². The van der Waals surface area contributed by atoms with Gasteiger partial charge >= 0.3 is 0 Å². The largest absolute Gasteiger partial charge is 0.271 e. The lowest BCUT2D eigenvalue weighted by molar-refractivity contribution is -0.121. The van der Waals surface area contributed by atoms with Gasteiger partial charge in [0, 0.05) is 17.3 Å². The lowest BCUT2D eigenvalue weighted by Gasteiger charge is -2.34. The van der Waals surface area contributed by atoms with Gasteiger partial charge in [-0.2, -0.15) is 10.2 Å².